The van der Waals surface area contributed by atoms with Crippen LogP contribution in [0.25, 0.3) is 0 Å². The number of carbonyl (C=O) groups is 2. The Morgan fingerprint density at radius 2 is 0.650 bits per heavy atom. The normalized spacial score (nSPS) is 15.4. The molecule has 0 aliphatic heterocycles. The smallest absolute Gasteiger partial charge is 0.141 e. The summed E-state index contributed by atoms with van der Waals surface area (Å²) in [6.07, 6.45) is 1.82. The van der Waals surface area contributed by atoms with Gasteiger partial charge in [-0.2, -0.15) is 0 Å². The molecule has 20 heavy (non-hydrogen) atoms. The van der Waals surface area contributed by atoms with Crippen molar-refractivity contribution < 1.29 is 9.59 Å². The average Bonchev–Trinajstić information content (AvgIpc) is 2.43. The van der Waals surface area contributed by atoms with E-state index < -0.39 is 0 Å². The van der Waals surface area contributed by atoms with Gasteiger partial charge in [0.05, 0.1) is 0 Å². The van der Waals surface area contributed by atoms with Crippen molar-refractivity contribution in [2.24, 2.45) is 0 Å². The summed E-state index contributed by atoms with van der Waals surface area (Å²) in [5.74, 6) is 0.442. The van der Waals surface area contributed by atoms with Crippen LogP contribution in [0.15, 0.2) is 48.5 Å². The highest BCUT2D eigenvalue weighted by molar-refractivity contribution is 5.84. The standard InChI is InChI=1S/C18H16O2/c19-17-9-13-1-2-14(4-3-13)10-18(20)12-16-7-5-15(11-17)6-8-16/h1-8H,9-12H2. The van der Waals surface area contributed by atoms with Gasteiger partial charge in [-0.15, -0.1) is 0 Å². The highest BCUT2D eigenvalue weighted by Crippen LogP contribution is 2.13. The van der Waals surface area contributed by atoms with E-state index in [4.69, 9.17) is 0 Å². The van der Waals surface area contributed by atoms with Gasteiger partial charge in [0.1, 0.15) is 11.6 Å². The lowest BCUT2D eigenvalue weighted by Gasteiger charge is -2.08. The third-order valence-corrected chi connectivity index (χ3v) is 3.65. The Hall–Kier alpha value is -2.22. The topological polar surface area (TPSA) is 34.1 Å². The zero-order valence-corrected chi connectivity index (χ0v) is 11.3. The first-order valence-corrected chi connectivity index (χ1v) is 6.88. The Bertz CT molecular complexity index is 523. The van der Waals surface area contributed by atoms with Crippen molar-refractivity contribution in [2.75, 3.05) is 0 Å². The first-order valence-electron chi connectivity index (χ1n) is 6.88. The molecule has 0 fully saturated rings. The van der Waals surface area contributed by atoms with Crippen molar-refractivity contribution in [3.8, 4) is 0 Å². The van der Waals surface area contributed by atoms with E-state index in [0.29, 0.717) is 25.7 Å². The van der Waals surface area contributed by atoms with Crippen molar-refractivity contribution >= 4 is 11.6 Å². The lowest BCUT2D eigenvalue weighted by molar-refractivity contribution is -0.118. The molecule has 4 aliphatic rings. The maximum Gasteiger partial charge on any atom is 0.141 e. The number of hydrogen-bond acceptors (Lipinski definition) is 2. The van der Waals surface area contributed by atoms with Gasteiger partial charge in [0.2, 0.25) is 0 Å². The Kier molecular flexibility index (Phi) is 3.46. The Morgan fingerprint density at radius 1 is 0.450 bits per heavy atom. The van der Waals surface area contributed by atoms with Crippen molar-refractivity contribution in [3.05, 3.63) is 70.8 Å². The van der Waals surface area contributed by atoms with Gasteiger partial charge in [0.15, 0.2) is 0 Å². The summed E-state index contributed by atoms with van der Waals surface area (Å²) >= 11 is 0. The number of benzene rings is 2. The average molecular weight is 264 g/mol. The third-order valence-electron chi connectivity index (χ3n) is 3.65. The first kappa shape index (κ1) is 12.8. The molecule has 0 saturated heterocycles. The zero-order chi connectivity index (χ0) is 13.9. The molecule has 0 radical (unpaired) electrons. The number of ketones is 2. The second kappa shape index (κ2) is 5.41. The van der Waals surface area contributed by atoms with Crippen LogP contribution in [0.1, 0.15) is 22.3 Å². The van der Waals surface area contributed by atoms with Crippen LogP contribution in [-0.2, 0) is 35.3 Å². The van der Waals surface area contributed by atoms with Crippen molar-refractivity contribution in [3.63, 3.8) is 0 Å². The minimum absolute atomic E-state index is 0.221. The summed E-state index contributed by atoms with van der Waals surface area (Å²) in [6.45, 7) is 0. The molecule has 2 heteroatoms. The molecule has 0 spiro atoms. The van der Waals surface area contributed by atoms with E-state index in [1.807, 2.05) is 48.5 Å². The van der Waals surface area contributed by atoms with Crippen LogP contribution in [-0.4, -0.2) is 11.6 Å². The quantitative estimate of drug-likeness (QED) is 0.733. The SMILES string of the molecule is O=C1Cc2ccc(cc2)CC(=O)Cc2ccc(cc2)C1. The third kappa shape index (κ3) is 3.02. The van der Waals surface area contributed by atoms with Gasteiger partial charge in [0, 0.05) is 25.7 Å². The molecule has 0 N–H and O–H groups in total. The Balaban J connectivity index is 1.94. The molecule has 0 heterocycles. The summed E-state index contributed by atoms with van der Waals surface area (Å²) < 4.78 is 0. The van der Waals surface area contributed by atoms with Crippen LogP contribution < -0.4 is 0 Å². The minimum Gasteiger partial charge on any atom is -0.299 e. The molecular formula is C18H16O2. The molecule has 4 aliphatic carbocycles. The van der Waals surface area contributed by atoms with Gasteiger partial charge in [-0.25, -0.2) is 0 Å². The highest BCUT2D eigenvalue weighted by atomic mass is 16.1. The van der Waals surface area contributed by atoms with Crippen LogP contribution in [0.5, 0.6) is 0 Å². The fraction of sp³-hybridized carbons (Fsp3) is 0.222. The number of carbonyl (C=O) groups excluding carboxylic acids is 2. The Labute approximate surface area is 118 Å². The van der Waals surface area contributed by atoms with Crippen molar-refractivity contribution in [2.45, 2.75) is 25.7 Å². The summed E-state index contributed by atoms with van der Waals surface area (Å²) in [4.78, 5) is 24.1. The van der Waals surface area contributed by atoms with Crippen molar-refractivity contribution in [1.29, 1.82) is 0 Å². The summed E-state index contributed by atoms with van der Waals surface area (Å²) in [5.41, 5.74) is 4.06. The maximum absolute atomic E-state index is 12.0. The van der Waals surface area contributed by atoms with Gasteiger partial charge < -0.3 is 0 Å². The largest absolute Gasteiger partial charge is 0.299 e. The van der Waals surface area contributed by atoms with Crippen LogP contribution in [0, 0.1) is 0 Å². The highest BCUT2D eigenvalue weighted by Gasteiger charge is 2.10. The Morgan fingerprint density at radius 3 is 0.850 bits per heavy atom. The predicted octanol–water partition coefficient (Wildman–Crippen LogP) is 2.71. The van der Waals surface area contributed by atoms with Crippen LogP contribution in [0.3, 0.4) is 0 Å². The van der Waals surface area contributed by atoms with E-state index in [0.717, 1.165) is 22.3 Å². The van der Waals surface area contributed by atoms with E-state index in [1.165, 1.54) is 0 Å². The van der Waals surface area contributed by atoms with Crippen LogP contribution in [0.2, 0.25) is 0 Å². The fourth-order valence-electron chi connectivity index (χ4n) is 2.59. The summed E-state index contributed by atoms with van der Waals surface area (Å²) in [6, 6.07) is 15.6. The molecule has 2 aromatic rings. The molecule has 0 amide bonds. The molecule has 0 saturated carbocycles. The van der Waals surface area contributed by atoms with E-state index in [9.17, 15) is 9.59 Å². The van der Waals surface area contributed by atoms with E-state index in [1.54, 1.807) is 0 Å². The monoisotopic (exact) mass is 264 g/mol. The van der Waals surface area contributed by atoms with E-state index in [-0.39, 0.29) is 11.6 Å². The van der Waals surface area contributed by atoms with Crippen LogP contribution >= 0.6 is 0 Å². The molecule has 0 aromatic heterocycles. The zero-order valence-electron chi connectivity index (χ0n) is 11.3. The first-order chi connectivity index (χ1) is 9.69. The van der Waals surface area contributed by atoms with Gasteiger partial charge >= 0.3 is 0 Å². The van der Waals surface area contributed by atoms with Crippen molar-refractivity contribution in [1.82, 2.24) is 0 Å². The van der Waals surface area contributed by atoms with Crippen LogP contribution in [0.4, 0.5) is 0 Å². The van der Waals surface area contributed by atoms with Gasteiger partial charge in [0.25, 0.3) is 0 Å². The maximum atomic E-state index is 12.0. The van der Waals surface area contributed by atoms with Gasteiger partial charge in [-0.05, 0) is 22.3 Å². The molecule has 100 valence electrons. The number of hydrogen-bond donors (Lipinski definition) is 0. The second-order valence-electron chi connectivity index (χ2n) is 5.42. The number of Topliss-reactive ketones (excluding diaryl/α,β-unsaturated/α-hetero) is 2. The fourth-order valence-corrected chi connectivity index (χ4v) is 2.59. The lowest BCUT2D eigenvalue weighted by atomic mass is 9.96. The summed E-state index contributed by atoms with van der Waals surface area (Å²) in [5, 5.41) is 0. The lowest BCUT2D eigenvalue weighted by Crippen LogP contribution is -2.10. The second-order valence-corrected chi connectivity index (χ2v) is 5.42. The van der Waals surface area contributed by atoms with Gasteiger partial charge in [-0.3, -0.25) is 9.59 Å². The summed E-state index contributed by atoms with van der Waals surface area (Å²) in [7, 11) is 0. The molecule has 2 nitrogen and oxygen atoms in total. The van der Waals surface area contributed by atoms with E-state index in [2.05, 4.69) is 0 Å². The molecule has 0 atom stereocenters. The number of rotatable bonds is 0. The van der Waals surface area contributed by atoms with Gasteiger partial charge in [-0.1, -0.05) is 48.5 Å². The minimum atomic E-state index is 0.221. The molecule has 4 bridgehead atoms. The molecule has 0 unspecified atom stereocenters. The predicted molar refractivity (Wildman–Crippen MR) is 77.7 cm³/mol. The van der Waals surface area contributed by atoms with E-state index >= 15 is 0 Å². The molecule has 2 aromatic carbocycles. The molecule has 6 rings (SSSR count). The molecular weight excluding hydrogens is 248 g/mol.